The molecular weight excluding hydrogens is 318 g/mol. The van der Waals surface area contributed by atoms with Crippen molar-refractivity contribution in [2.24, 2.45) is 0 Å². The maximum Gasteiger partial charge on any atom is 0.293 e. The Balaban J connectivity index is 2.46. The molecule has 0 aliphatic heterocycles. The first-order valence-electron chi connectivity index (χ1n) is 5.69. The molecule has 0 atom stereocenters. The lowest BCUT2D eigenvalue weighted by Gasteiger charge is -2.09. The fraction of sp³-hybridized carbons (Fsp3) is 0.0833. The number of nitro benzene ring substituents is 1. The average Bonchev–Trinajstić information content (AvgIpc) is 2.38. The van der Waals surface area contributed by atoms with Gasteiger partial charge >= 0.3 is 0 Å². The lowest BCUT2D eigenvalue weighted by Crippen LogP contribution is -2.14. The van der Waals surface area contributed by atoms with Gasteiger partial charge in [0.05, 0.1) is 9.82 Å². The van der Waals surface area contributed by atoms with Crippen molar-refractivity contribution in [3.8, 4) is 0 Å². The molecular formula is C12H10ClN3O4S. The predicted molar refractivity (Wildman–Crippen MR) is 77.9 cm³/mol. The molecule has 0 aliphatic rings. The van der Waals surface area contributed by atoms with Crippen molar-refractivity contribution in [2.45, 2.75) is 11.8 Å². The minimum Gasteiger partial charge on any atom is -0.273 e. The number of anilines is 1. The van der Waals surface area contributed by atoms with Gasteiger partial charge < -0.3 is 0 Å². The molecule has 110 valence electrons. The first-order chi connectivity index (χ1) is 9.79. The predicted octanol–water partition coefficient (Wildman–Crippen LogP) is 2.75. The molecule has 1 aromatic carbocycles. The summed E-state index contributed by atoms with van der Waals surface area (Å²) < 4.78 is 26.6. The number of aryl methyl sites for hydroxylation is 1. The van der Waals surface area contributed by atoms with Gasteiger partial charge in [0.15, 0.2) is 0 Å². The number of nitrogens with zero attached hydrogens (tertiary/aromatic N) is 2. The second-order valence-electron chi connectivity index (χ2n) is 4.20. The van der Waals surface area contributed by atoms with Gasteiger partial charge in [-0.25, -0.2) is 13.4 Å². The summed E-state index contributed by atoms with van der Waals surface area (Å²) in [6.07, 6.45) is 1.24. The fourth-order valence-electron chi connectivity index (χ4n) is 1.65. The van der Waals surface area contributed by atoms with Crippen molar-refractivity contribution in [3.05, 3.63) is 57.4 Å². The van der Waals surface area contributed by atoms with Crippen LogP contribution in [0, 0.1) is 17.0 Å². The monoisotopic (exact) mass is 327 g/mol. The minimum absolute atomic E-state index is 0.0108. The maximum atomic E-state index is 12.2. The molecule has 1 heterocycles. The van der Waals surface area contributed by atoms with Gasteiger partial charge in [0.2, 0.25) is 0 Å². The Morgan fingerprint density at radius 3 is 2.62 bits per heavy atom. The van der Waals surface area contributed by atoms with E-state index in [-0.39, 0.29) is 21.4 Å². The third-order valence-corrected chi connectivity index (χ3v) is 4.17. The summed E-state index contributed by atoms with van der Waals surface area (Å²) in [6, 6.07) is 6.56. The normalized spacial score (nSPS) is 11.1. The summed E-state index contributed by atoms with van der Waals surface area (Å²) in [5, 5.41) is 11.0. The zero-order valence-electron chi connectivity index (χ0n) is 10.8. The van der Waals surface area contributed by atoms with E-state index >= 15 is 0 Å². The van der Waals surface area contributed by atoms with Crippen LogP contribution in [0.15, 0.2) is 41.4 Å². The topological polar surface area (TPSA) is 102 Å². The summed E-state index contributed by atoms with van der Waals surface area (Å²) >= 11 is 5.65. The number of benzene rings is 1. The number of hydrogen-bond donors (Lipinski definition) is 1. The highest BCUT2D eigenvalue weighted by Gasteiger charge is 2.21. The first kappa shape index (κ1) is 15.2. The minimum atomic E-state index is -3.99. The van der Waals surface area contributed by atoms with Gasteiger partial charge in [-0.2, -0.15) is 0 Å². The van der Waals surface area contributed by atoms with Crippen molar-refractivity contribution >= 4 is 33.0 Å². The number of nitro groups is 1. The van der Waals surface area contributed by atoms with Crippen molar-refractivity contribution in [2.75, 3.05) is 4.72 Å². The third-order valence-electron chi connectivity index (χ3n) is 2.60. The number of halogens is 1. The Kier molecular flexibility index (Phi) is 4.10. The Labute approximate surface area is 125 Å². The lowest BCUT2D eigenvalue weighted by atomic mass is 10.2. The number of nitrogens with one attached hydrogen (secondary N) is 1. The molecule has 0 aliphatic carbocycles. The number of sulfonamides is 1. The van der Waals surface area contributed by atoms with Gasteiger partial charge in [-0.3, -0.25) is 14.8 Å². The molecule has 2 rings (SSSR count). The molecule has 0 bridgehead atoms. The highest BCUT2D eigenvalue weighted by molar-refractivity contribution is 7.92. The zero-order valence-corrected chi connectivity index (χ0v) is 12.4. The van der Waals surface area contributed by atoms with Crippen LogP contribution in [0.5, 0.6) is 0 Å². The molecule has 1 aromatic heterocycles. The molecule has 0 saturated carbocycles. The molecule has 2 aromatic rings. The summed E-state index contributed by atoms with van der Waals surface area (Å²) in [6.45, 7) is 1.70. The van der Waals surface area contributed by atoms with E-state index in [4.69, 9.17) is 11.6 Å². The Bertz CT molecular complexity index is 808. The van der Waals surface area contributed by atoms with Crippen molar-refractivity contribution in [1.82, 2.24) is 4.98 Å². The van der Waals surface area contributed by atoms with Gasteiger partial charge in [0.25, 0.3) is 15.7 Å². The quantitative estimate of drug-likeness (QED) is 0.528. The van der Waals surface area contributed by atoms with Gasteiger partial charge in [0.1, 0.15) is 10.8 Å². The molecule has 7 nitrogen and oxygen atoms in total. The van der Waals surface area contributed by atoms with E-state index in [2.05, 4.69) is 9.71 Å². The number of aromatic nitrogens is 1. The van der Waals surface area contributed by atoms with E-state index in [0.29, 0.717) is 5.56 Å². The van der Waals surface area contributed by atoms with E-state index < -0.39 is 14.9 Å². The zero-order chi connectivity index (χ0) is 15.6. The second-order valence-corrected chi connectivity index (χ2v) is 6.27. The Morgan fingerprint density at radius 2 is 2.00 bits per heavy atom. The van der Waals surface area contributed by atoms with Gasteiger partial charge in [0, 0.05) is 12.3 Å². The largest absolute Gasteiger partial charge is 0.293 e. The standard InChI is InChI=1S/C12H10ClN3O4S/c1-8-2-3-11(16(17)18)10(6-8)15-21(19,20)9-4-5-14-12(13)7-9/h2-7,15H,1H3. The fourth-order valence-corrected chi connectivity index (χ4v) is 2.96. The smallest absolute Gasteiger partial charge is 0.273 e. The van der Waals surface area contributed by atoms with Crippen molar-refractivity contribution < 1.29 is 13.3 Å². The Morgan fingerprint density at radius 1 is 1.29 bits per heavy atom. The lowest BCUT2D eigenvalue weighted by molar-refractivity contribution is -0.383. The average molecular weight is 328 g/mol. The van der Waals surface area contributed by atoms with Crippen LogP contribution in [-0.2, 0) is 10.0 Å². The van der Waals surface area contributed by atoms with E-state index in [1.54, 1.807) is 6.92 Å². The van der Waals surface area contributed by atoms with E-state index in [0.717, 1.165) is 6.07 Å². The van der Waals surface area contributed by atoms with Gasteiger partial charge in [-0.15, -0.1) is 0 Å². The van der Waals surface area contributed by atoms with Crippen LogP contribution in [0.4, 0.5) is 11.4 Å². The number of pyridine rings is 1. The van der Waals surface area contributed by atoms with Crippen LogP contribution in [-0.4, -0.2) is 18.3 Å². The molecule has 0 radical (unpaired) electrons. The molecule has 0 saturated heterocycles. The van der Waals surface area contributed by atoms with Crippen LogP contribution < -0.4 is 4.72 Å². The summed E-state index contributed by atoms with van der Waals surface area (Å²) in [7, 11) is -3.99. The van der Waals surface area contributed by atoms with Crippen LogP contribution in [0.1, 0.15) is 5.56 Å². The third kappa shape index (κ3) is 3.47. The van der Waals surface area contributed by atoms with Crippen LogP contribution in [0.2, 0.25) is 5.15 Å². The second kappa shape index (κ2) is 5.66. The molecule has 9 heteroatoms. The maximum absolute atomic E-state index is 12.2. The summed E-state index contributed by atoms with van der Waals surface area (Å²) in [5.74, 6) is 0. The molecule has 0 amide bonds. The van der Waals surface area contributed by atoms with E-state index in [9.17, 15) is 18.5 Å². The first-order valence-corrected chi connectivity index (χ1v) is 7.55. The van der Waals surface area contributed by atoms with Crippen LogP contribution in [0.25, 0.3) is 0 Å². The number of rotatable bonds is 4. The van der Waals surface area contributed by atoms with Crippen molar-refractivity contribution in [3.63, 3.8) is 0 Å². The van der Waals surface area contributed by atoms with Crippen LogP contribution in [0.3, 0.4) is 0 Å². The van der Waals surface area contributed by atoms with E-state index in [1.165, 1.54) is 30.5 Å². The Hall–Kier alpha value is -2.19. The van der Waals surface area contributed by atoms with Crippen molar-refractivity contribution in [1.29, 1.82) is 0 Å². The van der Waals surface area contributed by atoms with E-state index in [1.807, 2.05) is 0 Å². The highest BCUT2D eigenvalue weighted by Crippen LogP contribution is 2.28. The molecule has 0 fully saturated rings. The summed E-state index contributed by atoms with van der Waals surface area (Å²) in [4.78, 5) is 13.9. The molecule has 21 heavy (non-hydrogen) atoms. The molecule has 0 spiro atoms. The van der Waals surface area contributed by atoms with Gasteiger partial charge in [-0.05, 0) is 30.7 Å². The number of hydrogen-bond acceptors (Lipinski definition) is 5. The molecule has 0 unspecified atom stereocenters. The highest BCUT2D eigenvalue weighted by atomic mass is 35.5. The van der Waals surface area contributed by atoms with Crippen LogP contribution >= 0.6 is 11.6 Å². The SMILES string of the molecule is Cc1ccc([N+](=O)[O-])c(NS(=O)(=O)c2ccnc(Cl)c2)c1. The molecule has 1 N–H and O–H groups in total. The van der Waals surface area contributed by atoms with Gasteiger partial charge in [-0.1, -0.05) is 17.7 Å². The summed E-state index contributed by atoms with van der Waals surface area (Å²) in [5.41, 5.74) is 0.253.